The van der Waals surface area contributed by atoms with Gasteiger partial charge in [0.2, 0.25) is 12.7 Å². The summed E-state index contributed by atoms with van der Waals surface area (Å²) in [5, 5.41) is 0.823. The molecule has 158 valence electrons. The molecule has 0 N–H and O–H groups in total. The van der Waals surface area contributed by atoms with Gasteiger partial charge in [0.15, 0.2) is 21.3 Å². The summed E-state index contributed by atoms with van der Waals surface area (Å²) in [4.78, 5) is 16.5. The molecule has 0 aromatic heterocycles. The van der Waals surface area contributed by atoms with E-state index in [9.17, 15) is 13.2 Å². The van der Waals surface area contributed by atoms with Gasteiger partial charge in [-0.1, -0.05) is 25.3 Å². The predicted octanol–water partition coefficient (Wildman–Crippen LogP) is 2.32. The third-order valence-electron chi connectivity index (χ3n) is 5.94. The van der Waals surface area contributed by atoms with Crippen molar-refractivity contribution in [2.75, 3.05) is 33.0 Å². The molecule has 1 aromatic carbocycles. The number of rotatable bonds is 5. The third-order valence-corrected chi connectivity index (χ3v) is 7.86. The summed E-state index contributed by atoms with van der Waals surface area (Å²) >= 11 is 0. The van der Waals surface area contributed by atoms with Crippen molar-refractivity contribution in [1.29, 1.82) is 0 Å². The number of carbonyl (C=O) groups excluding carboxylic acids is 1. The number of amides is 1. The summed E-state index contributed by atoms with van der Waals surface area (Å²) in [6.45, 7) is 3.75. The van der Waals surface area contributed by atoms with Gasteiger partial charge in [0, 0.05) is 44.2 Å². The Balaban J connectivity index is 1.27. The van der Waals surface area contributed by atoms with Crippen LogP contribution in [0.5, 0.6) is 11.5 Å². The summed E-state index contributed by atoms with van der Waals surface area (Å²) in [6.07, 6.45) is 5.68. The van der Waals surface area contributed by atoms with Gasteiger partial charge in [-0.3, -0.25) is 9.69 Å². The fourth-order valence-corrected chi connectivity index (χ4v) is 5.71. The zero-order valence-corrected chi connectivity index (χ0v) is 17.4. The van der Waals surface area contributed by atoms with Crippen molar-refractivity contribution in [3.63, 3.8) is 0 Å². The number of nitrogens with zero attached hydrogens (tertiary/aromatic N) is 2. The smallest absolute Gasteiger partial charge is 0.247 e. The number of sulfone groups is 1. The number of ether oxygens (including phenoxy) is 2. The average Bonchev–Trinajstić information content (AvgIpc) is 3.21. The highest BCUT2D eigenvalue weighted by atomic mass is 32.2. The molecule has 2 fully saturated rings. The number of carbonyl (C=O) groups is 1. The highest BCUT2D eigenvalue weighted by Crippen LogP contribution is 2.33. The Morgan fingerprint density at radius 1 is 1.03 bits per heavy atom. The molecule has 1 amide bonds. The van der Waals surface area contributed by atoms with Crippen LogP contribution in [-0.4, -0.2) is 62.3 Å². The Morgan fingerprint density at radius 2 is 1.76 bits per heavy atom. The first-order valence-electron chi connectivity index (χ1n) is 10.3. The maximum Gasteiger partial charge on any atom is 0.247 e. The maximum atomic E-state index is 12.4. The van der Waals surface area contributed by atoms with Crippen LogP contribution in [0.3, 0.4) is 0 Å². The SMILES string of the molecule is O=C(/C=C/S(=O)(=O)C1CCCCC1)N1CCN(Cc2ccc3c(c2)OCO3)CC1. The second kappa shape index (κ2) is 8.75. The number of fused-ring (bicyclic) bond motifs is 1. The lowest BCUT2D eigenvalue weighted by Gasteiger charge is -2.34. The lowest BCUT2D eigenvalue weighted by molar-refractivity contribution is -0.127. The largest absolute Gasteiger partial charge is 0.454 e. The molecular weight excluding hydrogens is 392 g/mol. The van der Waals surface area contributed by atoms with E-state index in [1.807, 2.05) is 18.2 Å². The molecule has 7 nitrogen and oxygen atoms in total. The predicted molar refractivity (Wildman–Crippen MR) is 109 cm³/mol. The van der Waals surface area contributed by atoms with E-state index in [2.05, 4.69) is 4.90 Å². The van der Waals surface area contributed by atoms with Crippen molar-refractivity contribution in [3.8, 4) is 11.5 Å². The van der Waals surface area contributed by atoms with E-state index in [1.165, 1.54) is 6.08 Å². The number of benzene rings is 1. The van der Waals surface area contributed by atoms with Crippen molar-refractivity contribution in [3.05, 3.63) is 35.2 Å². The molecule has 2 aliphatic heterocycles. The van der Waals surface area contributed by atoms with Gasteiger partial charge in [-0.25, -0.2) is 8.42 Å². The van der Waals surface area contributed by atoms with Crippen LogP contribution >= 0.6 is 0 Å². The second-order valence-corrected chi connectivity index (χ2v) is 10.1. The minimum Gasteiger partial charge on any atom is -0.454 e. The zero-order valence-electron chi connectivity index (χ0n) is 16.6. The number of hydrogen-bond acceptors (Lipinski definition) is 6. The number of hydrogen-bond donors (Lipinski definition) is 0. The van der Waals surface area contributed by atoms with Crippen molar-refractivity contribution in [2.45, 2.75) is 43.9 Å². The van der Waals surface area contributed by atoms with Crippen LogP contribution in [0.2, 0.25) is 0 Å². The van der Waals surface area contributed by atoms with E-state index in [1.54, 1.807) is 4.90 Å². The summed E-state index contributed by atoms with van der Waals surface area (Å²) < 4.78 is 35.6. The van der Waals surface area contributed by atoms with E-state index in [-0.39, 0.29) is 18.0 Å². The zero-order chi connectivity index (χ0) is 20.3. The standard InChI is InChI=1S/C21H28N2O5S/c24-21(8-13-29(25,26)18-4-2-1-3-5-18)23-11-9-22(10-12-23)15-17-6-7-19-20(14-17)28-16-27-19/h6-8,13-14,18H,1-5,9-12,15-16H2/b13-8+. The molecule has 1 aromatic rings. The van der Waals surface area contributed by atoms with Gasteiger partial charge in [-0.15, -0.1) is 0 Å². The Labute approximate surface area is 172 Å². The molecule has 1 saturated heterocycles. The topological polar surface area (TPSA) is 76.2 Å². The number of piperazine rings is 1. The van der Waals surface area contributed by atoms with Crippen LogP contribution < -0.4 is 9.47 Å². The molecule has 4 rings (SSSR count). The van der Waals surface area contributed by atoms with Gasteiger partial charge in [-0.05, 0) is 30.5 Å². The van der Waals surface area contributed by atoms with Gasteiger partial charge in [0.05, 0.1) is 5.25 Å². The van der Waals surface area contributed by atoms with Crippen molar-refractivity contribution in [1.82, 2.24) is 9.80 Å². The van der Waals surface area contributed by atoms with Crippen molar-refractivity contribution < 1.29 is 22.7 Å². The van der Waals surface area contributed by atoms with Gasteiger partial charge in [0.1, 0.15) is 0 Å². The first kappa shape index (κ1) is 20.2. The second-order valence-electron chi connectivity index (χ2n) is 7.94. The van der Waals surface area contributed by atoms with Crippen LogP contribution in [0.4, 0.5) is 0 Å². The van der Waals surface area contributed by atoms with Gasteiger partial charge < -0.3 is 14.4 Å². The molecule has 0 unspecified atom stereocenters. The fourth-order valence-electron chi connectivity index (χ4n) is 4.19. The average molecular weight is 421 g/mol. The van der Waals surface area contributed by atoms with Crippen LogP contribution in [0.1, 0.15) is 37.7 Å². The first-order chi connectivity index (χ1) is 14.0. The lowest BCUT2D eigenvalue weighted by atomic mass is 10.0. The quantitative estimate of drug-likeness (QED) is 0.681. The molecule has 2 heterocycles. The molecule has 1 aliphatic carbocycles. The molecule has 29 heavy (non-hydrogen) atoms. The lowest BCUT2D eigenvalue weighted by Crippen LogP contribution is -2.47. The summed E-state index contributed by atoms with van der Waals surface area (Å²) in [7, 11) is -3.33. The molecule has 0 radical (unpaired) electrons. The highest BCUT2D eigenvalue weighted by molar-refractivity contribution is 7.94. The highest BCUT2D eigenvalue weighted by Gasteiger charge is 2.26. The summed E-state index contributed by atoms with van der Waals surface area (Å²) in [5.74, 6) is 1.34. The molecular formula is C21H28N2O5S. The van der Waals surface area contributed by atoms with E-state index in [0.717, 1.165) is 61.4 Å². The maximum absolute atomic E-state index is 12.4. The van der Waals surface area contributed by atoms with Crippen LogP contribution in [0, 0.1) is 0 Å². The Bertz CT molecular complexity index is 869. The van der Waals surface area contributed by atoms with Gasteiger partial charge >= 0.3 is 0 Å². The van der Waals surface area contributed by atoms with Crippen LogP contribution in [0.25, 0.3) is 0 Å². The normalized spacial score (nSPS) is 21.0. The Hall–Kier alpha value is -2.06. The van der Waals surface area contributed by atoms with E-state index in [0.29, 0.717) is 25.9 Å². The third kappa shape index (κ3) is 4.93. The molecule has 1 saturated carbocycles. The van der Waals surface area contributed by atoms with E-state index >= 15 is 0 Å². The summed E-state index contributed by atoms with van der Waals surface area (Å²) in [5.41, 5.74) is 1.15. The van der Waals surface area contributed by atoms with Gasteiger partial charge in [0.25, 0.3) is 0 Å². The Morgan fingerprint density at radius 3 is 2.52 bits per heavy atom. The monoisotopic (exact) mass is 420 g/mol. The van der Waals surface area contributed by atoms with Gasteiger partial charge in [-0.2, -0.15) is 0 Å². The first-order valence-corrected chi connectivity index (χ1v) is 11.9. The van der Waals surface area contributed by atoms with Crippen LogP contribution in [0.15, 0.2) is 29.7 Å². The molecule has 0 bridgehead atoms. The molecule has 3 aliphatic rings. The fraction of sp³-hybridized carbons (Fsp3) is 0.571. The van der Waals surface area contributed by atoms with E-state index < -0.39 is 9.84 Å². The van der Waals surface area contributed by atoms with Crippen molar-refractivity contribution >= 4 is 15.7 Å². The summed E-state index contributed by atoms with van der Waals surface area (Å²) in [6, 6.07) is 5.96. The molecule has 0 spiro atoms. The Kier molecular flexibility index (Phi) is 6.10. The van der Waals surface area contributed by atoms with Crippen molar-refractivity contribution in [2.24, 2.45) is 0 Å². The molecule has 8 heteroatoms. The molecule has 0 atom stereocenters. The minimum absolute atomic E-state index is 0.216. The minimum atomic E-state index is -3.33. The van der Waals surface area contributed by atoms with E-state index in [4.69, 9.17) is 9.47 Å². The van der Waals surface area contributed by atoms with Crippen LogP contribution in [-0.2, 0) is 21.2 Å².